The molecule has 0 radical (unpaired) electrons. The molecule has 0 saturated heterocycles. The summed E-state index contributed by atoms with van der Waals surface area (Å²) in [6, 6.07) is 12.9. The van der Waals surface area contributed by atoms with Gasteiger partial charge in [0.15, 0.2) is 11.6 Å². The highest BCUT2D eigenvalue weighted by Crippen LogP contribution is 2.32. The van der Waals surface area contributed by atoms with Crippen molar-refractivity contribution >= 4 is 17.4 Å². The maximum absolute atomic E-state index is 13.0. The van der Waals surface area contributed by atoms with Crippen molar-refractivity contribution in [2.75, 3.05) is 11.1 Å². The molecule has 1 amide bonds. The fourth-order valence-electron chi connectivity index (χ4n) is 3.45. The molecular formula is C25H22F3N5O2. The second-order valence-electron chi connectivity index (χ2n) is 7.93. The first-order valence-corrected chi connectivity index (χ1v) is 10.6. The number of rotatable bonds is 6. The highest BCUT2D eigenvalue weighted by Gasteiger charge is 2.30. The van der Waals surface area contributed by atoms with Gasteiger partial charge in [-0.3, -0.25) is 9.48 Å². The van der Waals surface area contributed by atoms with Gasteiger partial charge in [-0.05, 0) is 48.9 Å². The van der Waals surface area contributed by atoms with E-state index in [-0.39, 0.29) is 11.4 Å². The molecule has 2 heterocycles. The normalized spacial score (nSPS) is 12.3. The molecule has 0 fully saturated rings. The predicted octanol–water partition coefficient (Wildman–Crippen LogP) is 5.48. The Morgan fingerprint density at radius 3 is 2.57 bits per heavy atom. The third-order valence-corrected chi connectivity index (χ3v) is 5.29. The lowest BCUT2D eigenvalue weighted by Gasteiger charge is -2.18. The highest BCUT2D eigenvalue weighted by atomic mass is 19.4. The van der Waals surface area contributed by atoms with Crippen molar-refractivity contribution in [3.05, 3.63) is 89.9 Å². The fraction of sp³-hybridized carbons (Fsp3) is 0.160. The number of pyridine rings is 1. The van der Waals surface area contributed by atoms with Gasteiger partial charge in [0.2, 0.25) is 0 Å². The molecule has 4 aromatic rings. The molecule has 0 saturated carbocycles. The number of ether oxygens (including phenoxy) is 1. The Morgan fingerprint density at radius 1 is 1.09 bits per heavy atom. The summed E-state index contributed by atoms with van der Waals surface area (Å²) < 4.78 is 46.6. The quantitative estimate of drug-likeness (QED) is 0.381. The summed E-state index contributed by atoms with van der Waals surface area (Å²) in [6.45, 7) is 1.81. The minimum absolute atomic E-state index is 0.0967. The number of aromatic nitrogens is 3. The summed E-state index contributed by atoms with van der Waals surface area (Å²) >= 11 is 0. The minimum Gasteiger partial charge on any atom is -0.482 e. The second kappa shape index (κ2) is 9.49. The fourth-order valence-corrected chi connectivity index (χ4v) is 3.45. The molecule has 10 heteroatoms. The highest BCUT2D eigenvalue weighted by molar-refractivity contribution is 6.04. The van der Waals surface area contributed by atoms with Crippen molar-refractivity contribution in [2.45, 2.75) is 19.2 Å². The van der Waals surface area contributed by atoms with E-state index < -0.39 is 23.8 Å². The number of nitrogens with zero attached hydrogens (tertiary/aromatic N) is 3. The maximum Gasteiger partial charge on any atom is 0.416 e. The van der Waals surface area contributed by atoms with Crippen LogP contribution < -0.4 is 15.8 Å². The van der Waals surface area contributed by atoms with Crippen LogP contribution in [-0.4, -0.2) is 20.7 Å². The van der Waals surface area contributed by atoms with Crippen LogP contribution in [0.5, 0.6) is 5.75 Å². The molecule has 0 aliphatic carbocycles. The number of aryl methyl sites for hydroxylation is 1. The van der Waals surface area contributed by atoms with Gasteiger partial charge in [0.1, 0.15) is 6.10 Å². The second-order valence-corrected chi connectivity index (χ2v) is 7.93. The van der Waals surface area contributed by atoms with E-state index in [1.165, 1.54) is 12.1 Å². The molecule has 2 aromatic carbocycles. The van der Waals surface area contributed by atoms with Crippen LogP contribution in [0, 0.1) is 0 Å². The Bertz CT molecular complexity index is 1370. The lowest BCUT2D eigenvalue weighted by molar-refractivity contribution is -0.137. The van der Waals surface area contributed by atoms with E-state index in [2.05, 4.69) is 15.4 Å². The van der Waals surface area contributed by atoms with Crippen LogP contribution in [0.4, 0.5) is 24.7 Å². The van der Waals surface area contributed by atoms with E-state index >= 15 is 0 Å². The third kappa shape index (κ3) is 5.60. The van der Waals surface area contributed by atoms with Crippen LogP contribution in [0.15, 0.2) is 73.2 Å². The van der Waals surface area contributed by atoms with Crippen molar-refractivity contribution in [3.63, 3.8) is 0 Å². The molecule has 35 heavy (non-hydrogen) atoms. The number of carbonyl (C=O) groups is 1. The molecule has 2 aromatic heterocycles. The number of nitrogens with two attached hydrogens (primary N) is 1. The van der Waals surface area contributed by atoms with Crippen LogP contribution in [0.25, 0.3) is 11.1 Å². The van der Waals surface area contributed by atoms with Crippen LogP contribution in [0.2, 0.25) is 0 Å². The standard InChI is InChI=1S/C25H22F3N5O2/c1-15(35-22-11-18(12-30-23(22)29)19-13-31-33(2)14-19)16-5-4-8-21(10-16)32-24(34)17-6-3-7-20(9-17)25(26,27)28/h3-15H,1-2H3,(H2,29,30)(H,32,34)/t15-/m1/s1. The number of anilines is 2. The van der Waals surface area contributed by atoms with Gasteiger partial charge in [-0.25, -0.2) is 4.98 Å². The van der Waals surface area contributed by atoms with Gasteiger partial charge in [0.05, 0.1) is 11.8 Å². The van der Waals surface area contributed by atoms with Crippen LogP contribution in [0.1, 0.15) is 34.5 Å². The Labute approximate surface area is 199 Å². The summed E-state index contributed by atoms with van der Waals surface area (Å²) in [7, 11) is 1.81. The molecule has 0 bridgehead atoms. The Balaban J connectivity index is 1.50. The zero-order valence-corrected chi connectivity index (χ0v) is 18.9. The lowest BCUT2D eigenvalue weighted by Crippen LogP contribution is -2.14. The van der Waals surface area contributed by atoms with E-state index in [1.54, 1.807) is 47.4 Å². The topological polar surface area (TPSA) is 95.1 Å². The zero-order valence-electron chi connectivity index (χ0n) is 18.9. The van der Waals surface area contributed by atoms with Crippen LogP contribution in [-0.2, 0) is 13.2 Å². The number of nitrogen functional groups attached to an aromatic ring is 1. The molecule has 0 spiro atoms. The van der Waals surface area contributed by atoms with Gasteiger partial charge < -0.3 is 15.8 Å². The minimum atomic E-state index is -4.53. The summed E-state index contributed by atoms with van der Waals surface area (Å²) in [5, 5.41) is 6.78. The van der Waals surface area contributed by atoms with Crippen molar-refractivity contribution in [1.82, 2.24) is 14.8 Å². The summed E-state index contributed by atoms with van der Waals surface area (Å²) in [5.74, 6) is -0.0461. The maximum atomic E-state index is 13.0. The van der Waals surface area contributed by atoms with Gasteiger partial charge >= 0.3 is 6.18 Å². The van der Waals surface area contributed by atoms with E-state index in [0.717, 1.165) is 28.8 Å². The molecular weight excluding hydrogens is 459 g/mol. The van der Waals surface area contributed by atoms with Crippen LogP contribution >= 0.6 is 0 Å². The van der Waals surface area contributed by atoms with Crippen molar-refractivity contribution in [3.8, 4) is 16.9 Å². The van der Waals surface area contributed by atoms with E-state index in [1.807, 2.05) is 20.2 Å². The summed E-state index contributed by atoms with van der Waals surface area (Å²) in [5.41, 5.74) is 7.80. The lowest BCUT2D eigenvalue weighted by atomic mass is 10.1. The number of hydrogen-bond donors (Lipinski definition) is 2. The first kappa shape index (κ1) is 23.8. The predicted molar refractivity (Wildman–Crippen MR) is 126 cm³/mol. The molecule has 7 nitrogen and oxygen atoms in total. The SMILES string of the molecule is C[C@@H](Oc1cc(-c2cnn(C)c2)cnc1N)c1cccc(NC(=O)c2cccc(C(F)(F)F)c2)c1. The number of nitrogens with one attached hydrogen (secondary N) is 1. The molecule has 1 atom stereocenters. The first-order valence-electron chi connectivity index (χ1n) is 10.6. The monoisotopic (exact) mass is 481 g/mol. The van der Waals surface area contributed by atoms with Gasteiger partial charge in [-0.2, -0.15) is 18.3 Å². The Hall–Kier alpha value is -4.34. The average Bonchev–Trinajstić information content (AvgIpc) is 3.26. The van der Waals surface area contributed by atoms with Gasteiger partial charge in [-0.15, -0.1) is 0 Å². The Kier molecular flexibility index (Phi) is 6.46. The molecule has 0 aliphatic heterocycles. The first-order chi connectivity index (χ1) is 16.6. The van der Waals surface area contributed by atoms with Gasteiger partial charge in [-0.1, -0.05) is 18.2 Å². The van der Waals surface area contributed by atoms with Crippen molar-refractivity contribution in [2.24, 2.45) is 7.05 Å². The smallest absolute Gasteiger partial charge is 0.416 e. The summed E-state index contributed by atoms with van der Waals surface area (Å²) in [6.07, 6.45) is 0.184. The number of amides is 1. The molecule has 0 aliphatic rings. The zero-order chi connectivity index (χ0) is 25.2. The number of carbonyl (C=O) groups excluding carboxylic acids is 1. The number of halogens is 3. The van der Waals surface area contributed by atoms with Crippen molar-refractivity contribution in [1.29, 1.82) is 0 Å². The van der Waals surface area contributed by atoms with Gasteiger partial charge in [0, 0.05) is 41.8 Å². The Morgan fingerprint density at radius 2 is 1.86 bits per heavy atom. The molecule has 180 valence electrons. The van der Waals surface area contributed by atoms with Crippen LogP contribution in [0.3, 0.4) is 0 Å². The van der Waals surface area contributed by atoms with Crippen molar-refractivity contribution < 1.29 is 22.7 Å². The molecule has 3 N–H and O–H groups in total. The van der Waals surface area contributed by atoms with E-state index in [9.17, 15) is 18.0 Å². The largest absolute Gasteiger partial charge is 0.482 e. The number of hydrogen-bond acceptors (Lipinski definition) is 5. The average molecular weight is 481 g/mol. The number of alkyl halides is 3. The third-order valence-electron chi connectivity index (χ3n) is 5.29. The van der Waals surface area contributed by atoms with Gasteiger partial charge in [0.25, 0.3) is 5.91 Å². The number of benzene rings is 2. The van der Waals surface area contributed by atoms with E-state index in [4.69, 9.17) is 10.5 Å². The molecule has 0 unspecified atom stereocenters. The van der Waals surface area contributed by atoms with E-state index in [0.29, 0.717) is 11.4 Å². The molecule has 4 rings (SSSR count). The summed E-state index contributed by atoms with van der Waals surface area (Å²) in [4.78, 5) is 16.7.